The molecule has 2 fully saturated rings. The summed E-state index contributed by atoms with van der Waals surface area (Å²) in [7, 11) is 0. The van der Waals surface area contributed by atoms with Gasteiger partial charge in [0.1, 0.15) is 0 Å². The molecule has 0 spiro atoms. The second-order valence-corrected chi connectivity index (χ2v) is 6.43. The molecular formula is C16H30ClN3O2. The number of hydrogen-bond donors (Lipinski definition) is 1. The van der Waals surface area contributed by atoms with Crippen LogP contribution in [0.15, 0.2) is 0 Å². The van der Waals surface area contributed by atoms with E-state index in [-0.39, 0.29) is 30.1 Å². The number of nitrogens with two attached hydrogens (primary N) is 1. The molecule has 0 aromatic heterocycles. The Morgan fingerprint density at radius 3 is 2.36 bits per heavy atom. The van der Waals surface area contributed by atoms with Gasteiger partial charge in [-0.2, -0.15) is 0 Å². The van der Waals surface area contributed by atoms with Crippen LogP contribution in [0.1, 0.15) is 45.4 Å². The van der Waals surface area contributed by atoms with Gasteiger partial charge < -0.3 is 15.5 Å². The quantitative estimate of drug-likeness (QED) is 0.851. The first-order valence-corrected chi connectivity index (χ1v) is 8.42. The maximum Gasteiger partial charge on any atom is 0.227 e. The summed E-state index contributed by atoms with van der Waals surface area (Å²) in [6.45, 7) is 5.85. The SMILES string of the molecule is CCCC(=O)N1CCCC(C(=O)N2CCC(CN)CC2)C1.Cl. The number of piperidine rings is 2. The molecule has 0 aromatic carbocycles. The van der Waals surface area contributed by atoms with Crippen molar-refractivity contribution in [3.8, 4) is 0 Å². The fourth-order valence-electron chi connectivity index (χ4n) is 3.42. The lowest BCUT2D eigenvalue weighted by Crippen LogP contribution is -2.49. The monoisotopic (exact) mass is 331 g/mol. The van der Waals surface area contributed by atoms with Gasteiger partial charge >= 0.3 is 0 Å². The summed E-state index contributed by atoms with van der Waals surface area (Å²) in [4.78, 5) is 28.5. The van der Waals surface area contributed by atoms with Crippen LogP contribution in [-0.2, 0) is 9.59 Å². The second kappa shape index (κ2) is 9.36. The van der Waals surface area contributed by atoms with Gasteiger partial charge in [-0.25, -0.2) is 0 Å². The second-order valence-electron chi connectivity index (χ2n) is 6.43. The molecule has 5 nitrogen and oxygen atoms in total. The van der Waals surface area contributed by atoms with Gasteiger partial charge in [0.05, 0.1) is 5.92 Å². The normalized spacial score (nSPS) is 23.1. The lowest BCUT2D eigenvalue weighted by Gasteiger charge is -2.37. The number of halogens is 1. The van der Waals surface area contributed by atoms with Crippen molar-refractivity contribution in [3.63, 3.8) is 0 Å². The molecule has 6 heteroatoms. The third kappa shape index (κ3) is 4.85. The van der Waals surface area contributed by atoms with Crippen molar-refractivity contribution < 1.29 is 9.59 Å². The summed E-state index contributed by atoms with van der Waals surface area (Å²) >= 11 is 0. The topological polar surface area (TPSA) is 66.6 Å². The number of hydrogen-bond acceptors (Lipinski definition) is 3. The average Bonchev–Trinajstić information content (AvgIpc) is 2.54. The molecule has 2 aliphatic heterocycles. The van der Waals surface area contributed by atoms with Crippen LogP contribution in [0.5, 0.6) is 0 Å². The zero-order valence-corrected chi connectivity index (χ0v) is 14.4. The number of rotatable bonds is 4. The van der Waals surface area contributed by atoms with Crippen molar-refractivity contribution in [2.24, 2.45) is 17.6 Å². The summed E-state index contributed by atoms with van der Waals surface area (Å²) in [5.74, 6) is 1.04. The Hall–Kier alpha value is -0.810. The van der Waals surface area contributed by atoms with E-state index in [9.17, 15) is 9.59 Å². The van der Waals surface area contributed by atoms with Crippen molar-refractivity contribution in [2.75, 3.05) is 32.7 Å². The molecule has 0 saturated carbocycles. The van der Waals surface area contributed by atoms with Crippen LogP contribution in [0.4, 0.5) is 0 Å². The van der Waals surface area contributed by atoms with Gasteiger partial charge in [-0.3, -0.25) is 9.59 Å². The van der Waals surface area contributed by atoms with E-state index in [2.05, 4.69) is 0 Å². The Bertz CT molecular complexity index is 370. The summed E-state index contributed by atoms with van der Waals surface area (Å²) in [6, 6.07) is 0. The first-order chi connectivity index (χ1) is 10.2. The van der Waals surface area contributed by atoms with Gasteiger partial charge in [-0.1, -0.05) is 6.92 Å². The maximum atomic E-state index is 12.6. The van der Waals surface area contributed by atoms with E-state index in [4.69, 9.17) is 5.73 Å². The third-order valence-corrected chi connectivity index (χ3v) is 4.85. The van der Waals surface area contributed by atoms with Crippen molar-refractivity contribution in [1.82, 2.24) is 9.80 Å². The zero-order chi connectivity index (χ0) is 15.2. The minimum Gasteiger partial charge on any atom is -0.342 e. The Labute approximate surface area is 140 Å². The van der Waals surface area contributed by atoms with Crippen molar-refractivity contribution in [1.29, 1.82) is 0 Å². The van der Waals surface area contributed by atoms with Gasteiger partial charge in [0.25, 0.3) is 0 Å². The zero-order valence-electron chi connectivity index (χ0n) is 13.6. The Morgan fingerprint density at radius 1 is 1.09 bits per heavy atom. The molecule has 2 aliphatic rings. The van der Waals surface area contributed by atoms with E-state index < -0.39 is 0 Å². The lowest BCUT2D eigenvalue weighted by atomic mass is 9.92. The van der Waals surface area contributed by atoms with Crippen molar-refractivity contribution in [3.05, 3.63) is 0 Å². The molecule has 2 heterocycles. The molecular weight excluding hydrogens is 302 g/mol. The molecule has 128 valence electrons. The summed E-state index contributed by atoms with van der Waals surface area (Å²) in [5, 5.41) is 0. The van der Waals surface area contributed by atoms with E-state index in [1.807, 2.05) is 16.7 Å². The molecule has 0 bridgehead atoms. The van der Waals surface area contributed by atoms with Crippen LogP contribution in [0.25, 0.3) is 0 Å². The van der Waals surface area contributed by atoms with E-state index in [1.54, 1.807) is 0 Å². The number of carbonyl (C=O) groups is 2. The average molecular weight is 332 g/mol. The van der Waals surface area contributed by atoms with Crippen LogP contribution in [0.2, 0.25) is 0 Å². The first kappa shape index (κ1) is 19.2. The number of carbonyl (C=O) groups excluding carboxylic acids is 2. The highest BCUT2D eigenvalue weighted by atomic mass is 35.5. The van der Waals surface area contributed by atoms with Gasteiger partial charge in [0, 0.05) is 32.6 Å². The summed E-state index contributed by atoms with van der Waals surface area (Å²) in [5.41, 5.74) is 5.70. The molecule has 22 heavy (non-hydrogen) atoms. The molecule has 2 N–H and O–H groups in total. The first-order valence-electron chi connectivity index (χ1n) is 8.42. The Kier molecular flexibility index (Phi) is 8.18. The fourth-order valence-corrected chi connectivity index (χ4v) is 3.42. The predicted molar refractivity (Wildman–Crippen MR) is 89.8 cm³/mol. The van der Waals surface area contributed by atoms with E-state index >= 15 is 0 Å². The Morgan fingerprint density at radius 2 is 1.77 bits per heavy atom. The highest BCUT2D eigenvalue weighted by molar-refractivity contribution is 5.85. The summed E-state index contributed by atoms with van der Waals surface area (Å²) < 4.78 is 0. The molecule has 0 aromatic rings. The molecule has 2 saturated heterocycles. The van der Waals surface area contributed by atoms with Crippen LogP contribution in [0, 0.1) is 11.8 Å². The predicted octanol–water partition coefficient (Wildman–Crippen LogP) is 1.64. The van der Waals surface area contributed by atoms with Gasteiger partial charge in [0.15, 0.2) is 0 Å². The lowest BCUT2D eigenvalue weighted by molar-refractivity contribution is -0.141. The molecule has 0 radical (unpaired) electrons. The minimum atomic E-state index is 0. The fraction of sp³-hybridized carbons (Fsp3) is 0.875. The maximum absolute atomic E-state index is 12.6. The summed E-state index contributed by atoms with van der Waals surface area (Å²) in [6.07, 6.45) is 5.39. The van der Waals surface area contributed by atoms with Crippen LogP contribution >= 0.6 is 12.4 Å². The highest BCUT2D eigenvalue weighted by Gasteiger charge is 2.32. The van der Waals surface area contributed by atoms with Gasteiger partial charge in [-0.15, -0.1) is 12.4 Å². The molecule has 2 rings (SSSR count). The van der Waals surface area contributed by atoms with Crippen molar-refractivity contribution >= 4 is 24.2 Å². The van der Waals surface area contributed by atoms with Crippen LogP contribution < -0.4 is 5.73 Å². The highest BCUT2D eigenvalue weighted by Crippen LogP contribution is 2.23. The van der Waals surface area contributed by atoms with Crippen LogP contribution in [0.3, 0.4) is 0 Å². The largest absolute Gasteiger partial charge is 0.342 e. The molecule has 1 unspecified atom stereocenters. The minimum absolute atomic E-state index is 0. The van der Waals surface area contributed by atoms with Crippen LogP contribution in [-0.4, -0.2) is 54.3 Å². The number of nitrogens with zero attached hydrogens (tertiary/aromatic N) is 2. The van der Waals surface area contributed by atoms with E-state index in [0.717, 1.165) is 58.3 Å². The molecule has 2 amide bonds. The molecule has 0 aliphatic carbocycles. The number of likely N-dealkylation sites (tertiary alicyclic amines) is 2. The smallest absolute Gasteiger partial charge is 0.227 e. The number of amides is 2. The van der Waals surface area contributed by atoms with E-state index in [0.29, 0.717) is 18.9 Å². The third-order valence-electron chi connectivity index (χ3n) is 4.85. The molecule has 1 atom stereocenters. The van der Waals surface area contributed by atoms with Crippen molar-refractivity contribution in [2.45, 2.75) is 45.4 Å². The Balaban J connectivity index is 0.00000242. The van der Waals surface area contributed by atoms with Gasteiger partial charge in [-0.05, 0) is 44.6 Å². The van der Waals surface area contributed by atoms with Gasteiger partial charge in [0.2, 0.25) is 11.8 Å². The standard InChI is InChI=1S/C16H29N3O2.ClH/c1-2-4-15(20)19-8-3-5-14(12-19)16(21)18-9-6-13(11-17)7-10-18;/h13-14H,2-12,17H2,1H3;1H. The van der Waals surface area contributed by atoms with E-state index in [1.165, 1.54) is 0 Å².